The lowest BCUT2D eigenvalue weighted by molar-refractivity contribution is 0.329. The summed E-state index contributed by atoms with van der Waals surface area (Å²) < 4.78 is 0. The van der Waals surface area contributed by atoms with Crippen LogP contribution in [0.15, 0.2) is 0 Å². The molecule has 1 fully saturated rings. The quantitative estimate of drug-likeness (QED) is 0.596. The van der Waals surface area contributed by atoms with E-state index in [0.29, 0.717) is 0 Å². The summed E-state index contributed by atoms with van der Waals surface area (Å²) >= 11 is 0. The van der Waals surface area contributed by atoms with Crippen molar-refractivity contribution in [3.8, 4) is 0 Å². The summed E-state index contributed by atoms with van der Waals surface area (Å²) in [6.07, 6.45) is 2.67. The van der Waals surface area contributed by atoms with Gasteiger partial charge in [0, 0.05) is 6.04 Å². The van der Waals surface area contributed by atoms with Crippen molar-refractivity contribution in [2.75, 3.05) is 13.6 Å². The first-order chi connectivity index (χ1) is 5.17. The van der Waals surface area contributed by atoms with Crippen LogP contribution in [0.2, 0.25) is 0 Å². The van der Waals surface area contributed by atoms with Crippen LogP contribution >= 0.6 is 0 Å². The lowest BCUT2D eigenvalue weighted by atomic mass is 10.4. The van der Waals surface area contributed by atoms with E-state index in [-0.39, 0.29) is 0 Å². The third-order valence-electron chi connectivity index (χ3n) is 2.13. The SMILES string of the molecule is CCC.CCN(C)C1CC1C. The van der Waals surface area contributed by atoms with Gasteiger partial charge in [0.15, 0.2) is 0 Å². The molecule has 0 amide bonds. The maximum absolute atomic E-state index is 2.42. The van der Waals surface area contributed by atoms with Gasteiger partial charge in [0.2, 0.25) is 0 Å². The second-order valence-electron chi connectivity index (χ2n) is 3.56. The van der Waals surface area contributed by atoms with Gasteiger partial charge in [-0.25, -0.2) is 0 Å². The highest BCUT2D eigenvalue weighted by atomic mass is 15.2. The smallest absolute Gasteiger partial charge is 0.0121 e. The minimum absolute atomic E-state index is 0.917. The van der Waals surface area contributed by atoms with E-state index in [1.807, 2.05) is 0 Å². The van der Waals surface area contributed by atoms with Gasteiger partial charge < -0.3 is 4.90 Å². The molecule has 0 aliphatic heterocycles. The first kappa shape index (κ1) is 11.0. The van der Waals surface area contributed by atoms with Gasteiger partial charge in [-0.2, -0.15) is 0 Å². The van der Waals surface area contributed by atoms with Gasteiger partial charge >= 0.3 is 0 Å². The fourth-order valence-corrected chi connectivity index (χ4v) is 1.15. The average molecular weight is 157 g/mol. The normalized spacial score (nSPS) is 27.8. The van der Waals surface area contributed by atoms with Crippen LogP contribution in [0, 0.1) is 5.92 Å². The Hall–Kier alpha value is -0.0400. The summed E-state index contributed by atoms with van der Waals surface area (Å²) in [5.41, 5.74) is 0. The Morgan fingerprint density at radius 2 is 1.64 bits per heavy atom. The fourth-order valence-electron chi connectivity index (χ4n) is 1.15. The molecule has 0 aromatic heterocycles. The lowest BCUT2D eigenvalue weighted by Crippen LogP contribution is -2.20. The monoisotopic (exact) mass is 157 g/mol. The van der Waals surface area contributed by atoms with Crippen LogP contribution in [0.4, 0.5) is 0 Å². The molecule has 0 heterocycles. The van der Waals surface area contributed by atoms with Crippen molar-refractivity contribution in [2.24, 2.45) is 5.92 Å². The molecule has 0 aromatic rings. The van der Waals surface area contributed by atoms with Crippen LogP contribution in [-0.2, 0) is 0 Å². The van der Waals surface area contributed by atoms with Crippen LogP contribution in [-0.4, -0.2) is 24.5 Å². The minimum Gasteiger partial charge on any atom is -0.303 e. The highest BCUT2D eigenvalue weighted by molar-refractivity contribution is 4.89. The predicted octanol–water partition coefficient (Wildman–Crippen LogP) is 2.76. The molecule has 0 radical (unpaired) electrons. The molecule has 0 bridgehead atoms. The van der Waals surface area contributed by atoms with Gasteiger partial charge in [-0.15, -0.1) is 0 Å². The molecule has 2 unspecified atom stereocenters. The van der Waals surface area contributed by atoms with Crippen LogP contribution in [0.1, 0.15) is 40.5 Å². The summed E-state index contributed by atoms with van der Waals surface area (Å²) in [7, 11) is 2.20. The van der Waals surface area contributed by atoms with Crippen molar-refractivity contribution in [3.63, 3.8) is 0 Å². The van der Waals surface area contributed by atoms with Gasteiger partial charge in [-0.1, -0.05) is 34.1 Å². The molecule has 0 spiro atoms. The molecule has 1 heteroatoms. The van der Waals surface area contributed by atoms with Gasteiger partial charge in [-0.05, 0) is 25.9 Å². The van der Waals surface area contributed by atoms with E-state index in [4.69, 9.17) is 0 Å². The topological polar surface area (TPSA) is 3.24 Å². The molecular formula is C10H23N. The van der Waals surface area contributed by atoms with Gasteiger partial charge in [0.1, 0.15) is 0 Å². The number of hydrogen-bond acceptors (Lipinski definition) is 1. The second kappa shape index (κ2) is 5.59. The zero-order valence-corrected chi connectivity index (χ0v) is 8.72. The highest BCUT2D eigenvalue weighted by Crippen LogP contribution is 2.33. The van der Waals surface area contributed by atoms with Crippen molar-refractivity contribution in [2.45, 2.75) is 46.6 Å². The van der Waals surface area contributed by atoms with E-state index in [9.17, 15) is 0 Å². The fraction of sp³-hybridized carbons (Fsp3) is 1.00. The molecule has 1 saturated carbocycles. The maximum atomic E-state index is 2.42. The molecule has 1 rings (SSSR count). The third-order valence-corrected chi connectivity index (χ3v) is 2.13. The van der Waals surface area contributed by atoms with Crippen molar-refractivity contribution in [1.29, 1.82) is 0 Å². The van der Waals surface area contributed by atoms with Crippen molar-refractivity contribution >= 4 is 0 Å². The molecule has 0 N–H and O–H groups in total. The Morgan fingerprint density at radius 3 is 1.73 bits per heavy atom. The molecule has 1 aliphatic carbocycles. The molecule has 1 aliphatic rings. The zero-order valence-electron chi connectivity index (χ0n) is 8.72. The highest BCUT2D eigenvalue weighted by Gasteiger charge is 2.34. The van der Waals surface area contributed by atoms with Crippen molar-refractivity contribution < 1.29 is 0 Å². The summed E-state index contributed by atoms with van der Waals surface area (Å²) in [5.74, 6) is 0.972. The van der Waals surface area contributed by atoms with E-state index in [2.05, 4.69) is 39.6 Å². The Morgan fingerprint density at radius 1 is 1.27 bits per heavy atom. The van der Waals surface area contributed by atoms with E-state index in [1.165, 1.54) is 19.4 Å². The second-order valence-corrected chi connectivity index (χ2v) is 3.56. The van der Waals surface area contributed by atoms with E-state index < -0.39 is 0 Å². The molecule has 1 nitrogen and oxygen atoms in total. The number of nitrogens with zero attached hydrogens (tertiary/aromatic N) is 1. The lowest BCUT2D eigenvalue weighted by Gasteiger charge is -2.11. The van der Waals surface area contributed by atoms with Gasteiger partial charge in [-0.3, -0.25) is 0 Å². The van der Waals surface area contributed by atoms with Crippen molar-refractivity contribution in [1.82, 2.24) is 4.90 Å². The Balaban J connectivity index is 0.000000292. The summed E-state index contributed by atoms with van der Waals surface area (Å²) in [5, 5.41) is 0. The molecule has 0 aromatic carbocycles. The summed E-state index contributed by atoms with van der Waals surface area (Å²) in [4.78, 5) is 2.42. The third kappa shape index (κ3) is 4.41. The summed E-state index contributed by atoms with van der Waals surface area (Å²) in [6.45, 7) is 9.98. The van der Waals surface area contributed by atoms with Crippen LogP contribution in [0.25, 0.3) is 0 Å². The van der Waals surface area contributed by atoms with Gasteiger partial charge in [0.05, 0.1) is 0 Å². The van der Waals surface area contributed by atoms with Gasteiger partial charge in [0.25, 0.3) is 0 Å². The van der Waals surface area contributed by atoms with Crippen molar-refractivity contribution in [3.05, 3.63) is 0 Å². The largest absolute Gasteiger partial charge is 0.303 e. The summed E-state index contributed by atoms with van der Waals surface area (Å²) in [6, 6.07) is 0.917. The molecular weight excluding hydrogens is 134 g/mol. The van der Waals surface area contributed by atoms with Crippen LogP contribution in [0.3, 0.4) is 0 Å². The average Bonchev–Trinajstić information content (AvgIpc) is 2.67. The van der Waals surface area contributed by atoms with E-state index >= 15 is 0 Å². The van der Waals surface area contributed by atoms with E-state index in [1.54, 1.807) is 0 Å². The Kier molecular flexibility index (Phi) is 5.57. The van der Waals surface area contributed by atoms with Crippen LogP contribution in [0.5, 0.6) is 0 Å². The number of rotatable bonds is 2. The molecule has 11 heavy (non-hydrogen) atoms. The molecule has 0 saturated heterocycles. The van der Waals surface area contributed by atoms with Crippen LogP contribution < -0.4 is 0 Å². The molecule has 68 valence electrons. The maximum Gasteiger partial charge on any atom is 0.0121 e. The minimum atomic E-state index is 0.917. The predicted molar refractivity (Wildman–Crippen MR) is 51.8 cm³/mol. The Bertz CT molecular complexity index is 88.9. The standard InChI is InChI=1S/C7H15N.C3H8/c1-4-8(3)7-5-6(7)2;1-3-2/h6-7H,4-5H2,1-3H3;3H2,1-2H3. The first-order valence-corrected chi connectivity index (χ1v) is 4.87. The van der Waals surface area contributed by atoms with E-state index in [0.717, 1.165) is 12.0 Å². The Labute approximate surface area is 71.8 Å². The first-order valence-electron chi connectivity index (χ1n) is 4.87. The zero-order chi connectivity index (χ0) is 8.85. The molecule has 2 atom stereocenters. The number of hydrogen-bond donors (Lipinski definition) is 0.